The molecule has 2 N–H and O–H groups in total. The standard InChI is InChI=1S/C21H23N7O.C2H6/c1-15-13-28-19(17-10-23-24-11-17)12-22-21(28)20(25-15)26-18-4-2-16(3-5-18)14-27-6-8-29-9-7-27;1-2/h2-5,10-13H,6-9,14H2,1H3,(H,23,24)(H,25,26);1-2H3. The predicted molar refractivity (Wildman–Crippen MR) is 122 cm³/mol. The Hall–Kier alpha value is -3.23. The van der Waals surface area contributed by atoms with Crippen LogP contribution in [0.2, 0.25) is 0 Å². The fraction of sp³-hybridized carbons (Fsp3) is 0.348. The van der Waals surface area contributed by atoms with Gasteiger partial charge in [-0.25, -0.2) is 9.97 Å². The molecule has 5 rings (SSSR count). The van der Waals surface area contributed by atoms with Crippen molar-refractivity contribution in [3.8, 4) is 11.3 Å². The smallest absolute Gasteiger partial charge is 0.180 e. The zero-order valence-electron chi connectivity index (χ0n) is 18.3. The van der Waals surface area contributed by atoms with Gasteiger partial charge in [0, 0.05) is 43.3 Å². The molecule has 0 atom stereocenters. The lowest BCUT2D eigenvalue weighted by molar-refractivity contribution is 0.0342. The molecule has 0 amide bonds. The van der Waals surface area contributed by atoms with Crippen LogP contribution in [0.5, 0.6) is 0 Å². The average molecular weight is 420 g/mol. The molecule has 0 saturated carbocycles. The Morgan fingerprint density at radius 1 is 1.10 bits per heavy atom. The first-order valence-corrected chi connectivity index (χ1v) is 10.8. The first kappa shape index (κ1) is 21.0. The van der Waals surface area contributed by atoms with Crippen molar-refractivity contribution in [1.29, 1.82) is 0 Å². The van der Waals surface area contributed by atoms with Crippen molar-refractivity contribution in [1.82, 2.24) is 29.5 Å². The number of nitrogens with one attached hydrogen (secondary N) is 2. The number of aromatic nitrogens is 5. The Kier molecular flexibility index (Phi) is 6.59. The maximum absolute atomic E-state index is 5.42. The van der Waals surface area contributed by atoms with E-state index in [4.69, 9.17) is 4.74 Å². The van der Waals surface area contributed by atoms with Crippen LogP contribution >= 0.6 is 0 Å². The lowest BCUT2D eigenvalue weighted by Crippen LogP contribution is -2.35. The van der Waals surface area contributed by atoms with Gasteiger partial charge in [0.2, 0.25) is 0 Å². The summed E-state index contributed by atoms with van der Waals surface area (Å²) in [5.74, 6) is 0.737. The summed E-state index contributed by atoms with van der Waals surface area (Å²) >= 11 is 0. The van der Waals surface area contributed by atoms with E-state index in [1.807, 2.05) is 43.8 Å². The zero-order valence-corrected chi connectivity index (χ0v) is 18.3. The zero-order chi connectivity index (χ0) is 21.6. The van der Waals surface area contributed by atoms with E-state index in [9.17, 15) is 0 Å². The molecule has 162 valence electrons. The van der Waals surface area contributed by atoms with Crippen LogP contribution < -0.4 is 5.32 Å². The second-order valence-electron chi connectivity index (χ2n) is 7.27. The highest BCUT2D eigenvalue weighted by molar-refractivity contribution is 5.74. The average Bonchev–Trinajstić information content (AvgIpc) is 3.47. The molecule has 0 radical (unpaired) electrons. The fourth-order valence-electron chi connectivity index (χ4n) is 3.64. The van der Waals surface area contributed by atoms with Gasteiger partial charge in [-0.2, -0.15) is 5.10 Å². The SMILES string of the molecule is CC.Cc1cn2c(-c3cn[nH]c3)cnc2c(Nc2ccc(CN3CCOCC3)cc2)n1. The summed E-state index contributed by atoms with van der Waals surface area (Å²) in [6.45, 7) is 10.5. The van der Waals surface area contributed by atoms with E-state index in [0.29, 0.717) is 0 Å². The highest BCUT2D eigenvalue weighted by Crippen LogP contribution is 2.25. The predicted octanol–water partition coefficient (Wildman–Crippen LogP) is 4.03. The molecule has 1 saturated heterocycles. The van der Waals surface area contributed by atoms with Crippen molar-refractivity contribution in [3.63, 3.8) is 0 Å². The number of fused-ring (bicyclic) bond motifs is 1. The Labute approximate surface area is 182 Å². The second-order valence-corrected chi connectivity index (χ2v) is 7.27. The van der Waals surface area contributed by atoms with Crippen LogP contribution in [0.25, 0.3) is 16.9 Å². The number of imidazole rings is 1. The lowest BCUT2D eigenvalue weighted by atomic mass is 10.2. The third kappa shape index (κ3) is 4.76. The molecule has 4 heterocycles. The third-order valence-corrected chi connectivity index (χ3v) is 5.13. The molecule has 0 spiro atoms. The van der Waals surface area contributed by atoms with Gasteiger partial charge in [-0.15, -0.1) is 0 Å². The molecule has 0 unspecified atom stereocenters. The van der Waals surface area contributed by atoms with Gasteiger partial charge in [-0.05, 0) is 24.6 Å². The Balaban J connectivity index is 0.00000112. The Morgan fingerprint density at radius 3 is 2.58 bits per heavy atom. The van der Waals surface area contributed by atoms with Crippen LogP contribution in [0.1, 0.15) is 25.1 Å². The molecule has 1 aliphatic heterocycles. The maximum atomic E-state index is 5.42. The summed E-state index contributed by atoms with van der Waals surface area (Å²) < 4.78 is 7.47. The molecule has 0 bridgehead atoms. The first-order chi connectivity index (χ1) is 15.3. The quantitative estimate of drug-likeness (QED) is 0.508. The number of H-pyrrole nitrogens is 1. The summed E-state index contributed by atoms with van der Waals surface area (Å²) in [5, 5.41) is 10.3. The van der Waals surface area contributed by atoms with Crippen molar-refractivity contribution in [2.75, 3.05) is 31.6 Å². The van der Waals surface area contributed by atoms with Gasteiger partial charge in [0.15, 0.2) is 11.5 Å². The van der Waals surface area contributed by atoms with E-state index in [1.54, 1.807) is 6.20 Å². The largest absolute Gasteiger partial charge is 0.379 e. The molecule has 8 heteroatoms. The summed E-state index contributed by atoms with van der Waals surface area (Å²) in [4.78, 5) is 11.7. The second kappa shape index (κ2) is 9.72. The molecule has 1 aliphatic rings. The van der Waals surface area contributed by atoms with E-state index in [1.165, 1.54) is 5.56 Å². The van der Waals surface area contributed by atoms with Crippen molar-refractivity contribution < 1.29 is 4.74 Å². The summed E-state index contributed by atoms with van der Waals surface area (Å²) in [6, 6.07) is 8.51. The van der Waals surface area contributed by atoms with Crippen molar-refractivity contribution >= 4 is 17.2 Å². The van der Waals surface area contributed by atoms with Gasteiger partial charge < -0.3 is 10.1 Å². The van der Waals surface area contributed by atoms with Crippen LogP contribution in [-0.2, 0) is 11.3 Å². The Morgan fingerprint density at radius 2 is 1.87 bits per heavy atom. The minimum atomic E-state index is 0.737. The van der Waals surface area contributed by atoms with E-state index < -0.39 is 0 Å². The molecule has 1 fully saturated rings. The molecule has 4 aromatic rings. The molecule has 0 aliphatic carbocycles. The minimum Gasteiger partial charge on any atom is -0.379 e. The normalized spacial score (nSPS) is 14.3. The number of ether oxygens (including phenoxy) is 1. The van der Waals surface area contributed by atoms with Crippen molar-refractivity contribution in [2.45, 2.75) is 27.3 Å². The van der Waals surface area contributed by atoms with Gasteiger partial charge in [0.25, 0.3) is 0 Å². The first-order valence-electron chi connectivity index (χ1n) is 10.8. The van der Waals surface area contributed by atoms with Gasteiger partial charge in [0.05, 0.1) is 37.0 Å². The van der Waals surface area contributed by atoms with Gasteiger partial charge in [-0.1, -0.05) is 26.0 Å². The van der Waals surface area contributed by atoms with Crippen LogP contribution in [0, 0.1) is 6.92 Å². The highest BCUT2D eigenvalue weighted by Gasteiger charge is 2.13. The van der Waals surface area contributed by atoms with E-state index in [2.05, 4.69) is 54.6 Å². The van der Waals surface area contributed by atoms with Crippen molar-refractivity contribution in [3.05, 3.63) is 60.3 Å². The van der Waals surface area contributed by atoms with Crippen LogP contribution in [0.3, 0.4) is 0 Å². The van der Waals surface area contributed by atoms with Crippen molar-refractivity contribution in [2.24, 2.45) is 0 Å². The summed E-state index contributed by atoms with van der Waals surface area (Å²) in [7, 11) is 0. The molecular formula is C23H29N7O. The molecular weight excluding hydrogens is 390 g/mol. The van der Waals surface area contributed by atoms with Gasteiger partial charge in [0.1, 0.15) is 0 Å². The van der Waals surface area contributed by atoms with E-state index in [-0.39, 0.29) is 0 Å². The third-order valence-electron chi connectivity index (χ3n) is 5.13. The summed E-state index contributed by atoms with van der Waals surface area (Å²) in [5.41, 5.74) is 5.94. The fourth-order valence-corrected chi connectivity index (χ4v) is 3.64. The van der Waals surface area contributed by atoms with E-state index >= 15 is 0 Å². The number of anilines is 2. The molecule has 3 aromatic heterocycles. The van der Waals surface area contributed by atoms with Crippen LogP contribution in [0.15, 0.2) is 49.1 Å². The Bertz CT molecular complexity index is 1100. The lowest BCUT2D eigenvalue weighted by Gasteiger charge is -2.26. The monoisotopic (exact) mass is 419 g/mol. The topological polar surface area (TPSA) is 83.4 Å². The minimum absolute atomic E-state index is 0.737. The number of aryl methyl sites for hydroxylation is 1. The van der Waals surface area contributed by atoms with Gasteiger partial charge >= 0.3 is 0 Å². The number of aromatic amines is 1. The number of rotatable bonds is 5. The van der Waals surface area contributed by atoms with Crippen LogP contribution in [-0.4, -0.2) is 55.8 Å². The maximum Gasteiger partial charge on any atom is 0.180 e. The number of hydrogen-bond donors (Lipinski definition) is 2. The van der Waals surface area contributed by atoms with Gasteiger partial charge in [-0.3, -0.25) is 14.4 Å². The van der Waals surface area contributed by atoms with E-state index in [0.717, 1.165) is 67.0 Å². The number of nitrogens with zero attached hydrogens (tertiary/aromatic N) is 5. The molecule has 8 nitrogen and oxygen atoms in total. The van der Waals surface area contributed by atoms with Crippen LogP contribution in [0.4, 0.5) is 11.5 Å². The highest BCUT2D eigenvalue weighted by atomic mass is 16.5. The molecule has 1 aromatic carbocycles. The molecule has 31 heavy (non-hydrogen) atoms. The number of benzene rings is 1. The number of hydrogen-bond acceptors (Lipinski definition) is 6. The number of morpholine rings is 1. The summed E-state index contributed by atoms with van der Waals surface area (Å²) in [6.07, 6.45) is 7.48.